The van der Waals surface area contributed by atoms with Gasteiger partial charge in [0.15, 0.2) is 0 Å². The molecular weight excluding hydrogens is 380 g/mol. The van der Waals surface area contributed by atoms with E-state index in [0.717, 1.165) is 18.8 Å². The molecule has 0 radical (unpaired) electrons. The van der Waals surface area contributed by atoms with E-state index in [1.54, 1.807) is 12.7 Å². The number of methoxy groups -OCH3 is 1. The number of ether oxygens (including phenoxy) is 1. The van der Waals surface area contributed by atoms with Crippen LogP contribution in [0.25, 0.3) is 10.8 Å². The summed E-state index contributed by atoms with van der Waals surface area (Å²) in [4.78, 5) is 5.11. The largest absolute Gasteiger partial charge is 0.497 e. The number of nitrogens with zero attached hydrogens (tertiary/aromatic N) is 2. The summed E-state index contributed by atoms with van der Waals surface area (Å²) in [6.45, 7) is 11.3. The van der Waals surface area contributed by atoms with Crippen molar-refractivity contribution in [2.24, 2.45) is 0 Å². The summed E-state index contributed by atoms with van der Waals surface area (Å²) >= 11 is 0. The zero-order valence-corrected chi connectivity index (χ0v) is 19.7. The van der Waals surface area contributed by atoms with E-state index in [-0.39, 0.29) is 0 Å². The van der Waals surface area contributed by atoms with Gasteiger partial charge in [0, 0.05) is 19.1 Å². The summed E-state index contributed by atoms with van der Waals surface area (Å²) in [6.07, 6.45) is 2.39. The lowest BCUT2D eigenvalue weighted by Crippen LogP contribution is -2.33. The third-order valence-electron chi connectivity index (χ3n) is 7.11. The maximum atomic E-state index is 5.35. The first kappa shape index (κ1) is 21.9. The SMILES string of the molecule is COc1ccc2cc(C(C)N(C)CCCN3CCc4cc(C)c(C)cc4C3)ccc2c1. The van der Waals surface area contributed by atoms with Gasteiger partial charge in [-0.1, -0.05) is 30.3 Å². The van der Waals surface area contributed by atoms with Gasteiger partial charge < -0.3 is 4.74 Å². The maximum Gasteiger partial charge on any atom is 0.119 e. The van der Waals surface area contributed by atoms with Gasteiger partial charge in [-0.15, -0.1) is 0 Å². The maximum absolute atomic E-state index is 5.35. The highest BCUT2D eigenvalue weighted by molar-refractivity contribution is 5.84. The van der Waals surface area contributed by atoms with Crippen molar-refractivity contribution in [3.63, 3.8) is 0 Å². The first-order valence-electron chi connectivity index (χ1n) is 11.5. The van der Waals surface area contributed by atoms with Gasteiger partial charge in [0.1, 0.15) is 5.75 Å². The molecule has 3 aromatic carbocycles. The molecule has 3 nitrogen and oxygen atoms in total. The predicted octanol–water partition coefficient (Wildman–Crippen LogP) is 5.91. The summed E-state index contributed by atoms with van der Waals surface area (Å²) < 4.78 is 5.35. The van der Waals surface area contributed by atoms with E-state index in [1.165, 1.54) is 59.0 Å². The molecule has 1 unspecified atom stereocenters. The van der Waals surface area contributed by atoms with Crippen molar-refractivity contribution < 1.29 is 4.74 Å². The molecule has 0 aromatic heterocycles. The van der Waals surface area contributed by atoms with E-state index in [2.05, 4.69) is 80.1 Å². The van der Waals surface area contributed by atoms with Crippen LogP contribution in [-0.4, -0.2) is 43.6 Å². The number of fused-ring (bicyclic) bond motifs is 2. The van der Waals surface area contributed by atoms with Crippen molar-refractivity contribution in [2.45, 2.75) is 46.2 Å². The van der Waals surface area contributed by atoms with Crippen LogP contribution in [0.2, 0.25) is 0 Å². The number of hydrogen-bond donors (Lipinski definition) is 0. The van der Waals surface area contributed by atoms with Crippen molar-refractivity contribution in [2.75, 3.05) is 33.8 Å². The fourth-order valence-electron chi connectivity index (χ4n) is 4.73. The molecule has 1 atom stereocenters. The summed E-state index contributed by atoms with van der Waals surface area (Å²) in [5.74, 6) is 0.913. The van der Waals surface area contributed by atoms with Crippen LogP contribution < -0.4 is 4.74 Å². The van der Waals surface area contributed by atoms with Gasteiger partial charge in [-0.05, 0) is 111 Å². The number of hydrogen-bond acceptors (Lipinski definition) is 3. The smallest absolute Gasteiger partial charge is 0.119 e. The Balaban J connectivity index is 1.32. The number of benzene rings is 3. The molecule has 0 N–H and O–H groups in total. The van der Waals surface area contributed by atoms with Crippen LogP contribution in [0, 0.1) is 13.8 Å². The van der Waals surface area contributed by atoms with Gasteiger partial charge in [-0.3, -0.25) is 9.80 Å². The lowest BCUT2D eigenvalue weighted by molar-refractivity contribution is 0.210. The van der Waals surface area contributed by atoms with Crippen molar-refractivity contribution in [1.29, 1.82) is 0 Å². The van der Waals surface area contributed by atoms with Crippen LogP contribution >= 0.6 is 0 Å². The fourth-order valence-corrected chi connectivity index (χ4v) is 4.73. The molecule has 0 spiro atoms. The zero-order valence-electron chi connectivity index (χ0n) is 19.7. The van der Waals surface area contributed by atoms with E-state index in [1.807, 2.05) is 6.07 Å². The predicted molar refractivity (Wildman–Crippen MR) is 131 cm³/mol. The number of rotatable bonds is 7. The number of aryl methyl sites for hydroxylation is 2. The van der Waals surface area contributed by atoms with E-state index < -0.39 is 0 Å². The molecule has 1 aliphatic rings. The highest BCUT2D eigenvalue weighted by atomic mass is 16.5. The fraction of sp³-hybridized carbons (Fsp3) is 0.429. The Hall–Kier alpha value is -2.36. The molecule has 3 aromatic rings. The summed E-state index contributed by atoms with van der Waals surface area (Å²) in [7, 11) is 3.97. The van der Waals surface area contributed by atoms with Crippen LogP contribution in [0.1, 0.15) is 47.2 Å². The quantitative estimate of drug-likeness (QED) is 0.476. The van der Waals surface area contributed by atoms with Gasteiger partial charge in [-0.25, -0.2) is 0 Å². The van der Waals surface area contributed by atoms with Crippen LogP contribution in [0.3, 0.4) is 0 Å². The highest BCUT2D eigenvalue weighted by Crippen LogP contribution is 2.27. The monoisotopic (exact) mass is 416 g/mol. The van der Waals surface area contributed by atoms with E-state index in [0.29, 0.717) is 6.04 Å². The molecule has 1 heterocycles. The molecule has 164 valence electrons. The minimum Gasteiger partial charge on any atom is -0.497 e. The molecule has 1 aliphatic heterocycles. The van der Waals surface area contributed by atoms with Crippen LogP contribution in [0.15, 0.2) is 48.5 Å². The van der Waals surface area contributed by atoms with Crippen LogP contribution in [0.5, 0.6) is 5.75 Å². The van der Waals surface area contributed by atoms with E-state index in [4.69, 9.17) is 4.74 Å². The summed E-state index contributed by atoms with van der Waals surface area (Å²) in [5.41, 5.74) is 7.31. The highest BCUT2D eigenvalue weighted by Gasteiger charge is 2.18. The average molecular weight is 417 g/mol. The topological polar surface area (TPSA) is 15.7 Å². The Bertz CT molecular complexity index is 1060. The zero-order chi connectivity index (χ0) is 22.0. The second-order valence-electron chi connectivity index (χ2n) is 9.21. The summed E-state index contributed by atoms with van der Waals surface area (Å²) in [6, 6.07) is 18.3. The Kier molecular flexibility index (Phi) is 6.64. The Morgan fingerprint density at radius 2 is 1.68 bits per heavy atom. The first-order valence-corrected chi connectivity index (χ1v) is 11.5. The lowest BCUT2D eigenvalue weighted by atomic mass is 9.94. The van der Waals surface area contributed by atoms with E-state index >= 15 is 0 Å². The van der Waals surface area contributed by atoms with Crippen molar-refractivity contribution in [1.82, 2.24) is 9.80 Å². The normalized spacial score (nSPS) is 15.3. The molecule has 0 aliphatic carbocycles. The molecule has 4 rings (SSSR count). The second kappa shape index (κ2) is 9.42. The standard InChI is InChI=1S/C28H36N2O/c1-20-15-26-11-14-30(19-27(26)16-21(20)2)13-6-12-29(4)22(3)23-7-8-25-18-28(31-5)10-9-24(25)17-23/h7-10,15-18,22H,6,11-14,19H2,1-5H3. The van der Waals surface area contributed by atoms with Gasteiger partial charge >= 0.3 is 0 Å². The van der Waals surface area contributed by atoms with E-state index in [9.17, 15) is 0 Å². The molecule has 0 saturated carbocycles. The Labute approximate surface area is 187 Å². The van der Waals surface area contributed by atoms with Gasteiger partial charge in [-0.2, -0.15) is 0 Å². The van der Waals surface area contributed by atoms with Crippen molar-refractivity contribution in [3.8, 4) is 5.75 Å². The molecule has 0 amide bonds. The van der Waals surface area contributed by atoms with Crippen molar-refractivity contribution >= 4 is 10.8 Å². The van der Waals surface area contributed by atoms with Gasteiger partial charge in [0.25, 0.3) is 0 Å². The van der Waals surface area contributed by atoms with Gasteiger partial charge in [0.05, 0.1) is 7.11 Å². The summed E-state index contributed by atoms with van der Waals surface area (Å²) in [5, 5.41) is 2.50. The minimum absolute atomic E-state index is 0.402. The van der Waals surface area contributed by atoms with Gasteiger partial charge in [0.2, 0.25) is 0 Å². The van der Waals surface area contributed by atoms with Crippen LogP contribution in [-0.2, 0) is 13.0 Å². The Morgan fingerprint density at radius 1 is 0.968 bits per heavy atom. The molecule has 0 fully saturated rings. The third kappa shape index (κ3) is 4.94. The Morgan fingerprint density at radius 3 is 2.45 bits per heavy atom. The molecule has 3 heteroatoms. The van der Waals surface area contributed by atoms with Crippen molar-refractivity contribution in [3.05, 3.63) is 76.3 Å². The average Bonchev–Trinajstić information content (AvgIpc) is 2.78. The lowest BCUT2D eigenvalue weighted by Gasteiger charge is -2.31. The molecule has 31 heavy (non-hydrogen) atoms. The first-order chi connectivity index (χ1) is 14.9. The minimum atomic E-state index is 0.402. The molecule has 0 bridgehead atoms. The second-order valence-corrected chi connectivity index (χ2v) is 9.21. The molecule has 0 saturated heterocycles. The molecular formula is C28H36N2O. The van der Waals surface area contributed by atoms with Crippen LogP contribution in [0.4, 0.5) is 0 Å². The third-order valence-corrected chi connectivity index (χ3v) is 7.11.